The maximum absolute atomic E-state index is 14.3. The number of likely N-dealkylation sites (tertiary alicyclic amines) is 1. The number of halogens is 1. The molecule has 3 amide bonds. The molecule has 1 saturated carbocycles. The molecular formula is C52H63ClN8O6S. The molecule has 68 heavy (non-hydrogen) atoms. The number of unbranched alkanes of at least 4 members (excludes halogenated alkanes) is 2. The zero-order valence-electron chi connectivity index (χ0n) is 40.1. The Balaban J connectivity index is 0.846. The van der Waals surface area contributed by atoms with Gasteiger partial charge in [0.25, 0.3) is 5.91 Å². The van der Waals surface area contributed by atoms with E-state index < -0.39 is 18.2 Å². The normalized spacial score (nSPS) is 20.2. The van der Waals surface area contributed by atoms with Crippen molar-refractivity contribution >= 4 is 46.3 Å². The molecule has 1 aliphatic heterocycles. The number of aromatic nitrogens is 3. The van der Waals surface area contributed by atoms with Crippen LogP contribution in [0.4, 0.5) is 5.69 Å². The van der Waals surface area contributed by atoms with Gasteiger partial charge in [0.15, 0.2) is 0 Å². The summed E-state index contributed by atoms with van der Waals surface area (Å²) < 4.78 is 14.2. The molecule has 16 heteroatoms. The number of nitrogens with one attached hydrogen (secondary N) is 3. The van der Waals surface area contributed by atoms with Crippen LogP contribution >= 0.6 is 22.9 Å². The lowest BCUT2D eigenvalue weighted by atomic mass is 9.49. The molecule has 0 bridgehead atoms. The number of hydrogen-bond acceptors (Lipinski definition) is 11. The van der Waals surface area contributed by atoms with Crippen LogP contribution in [-0.2, 0) is 9.59 Å². The molecule has 3 heterocycles. The molecular weight excluding hydrogens is 900 g/mol. The number of anilines is 1. The molecule has 0 spiro atoms. The van der Waals surface area contributed by atoms with Gasteiger partial charge in [0.1, 0.15) is 30.0 Å². The highest BCUT2D eigenvalue weighted by Gasteiger charge is 2.64. The zero-order valence-corrected chi connectivity index (χ0v) is 41.7. The Morgan fingerprint density at radius 3 is 2.35 bits per heavy atom. The molecule has 14 nitrogen and oxygen atoms in total. The molecule has 2 aromatic heterocycles. The van der Waals surface area contributed by atoms with Gasteiger partial charge in [-0.05, 0) is 86.6 Å². The monoisotopic (exact) mass is 962 g/mol. The van der Waals surface area contributed by atoms with Gasteiger partial charge in [-0.2, -0.15) is 10.4 Å². The fourth-order valence-electron chi connectivity index (χ4n) is 10.0. The summed E-state index contributed by atoms with van der Waals surface area (Å²) in [5.41, 5.74) is 5.93. The first-order valence-corrected chi connectivity index (χ1v) is 24.6. The van der Waals surface area contributed by atoms with Crippen molar-refractivity contribution in [2.45, 2.75) is 117 Å². The van der Waals surface area contributed by atoms with E-state index in [0.717, 1.165) is 53.2 Å². The summed E-state index contributed by atoms with van der Waals surface area (Å²) >= 11 is 7.84. The van der Waals surface area contributed by atoms with Gasteiger partial charge in [0.2, 0.25) is 17.7 Å². The minimum Gasteiger partial charge on any atom is -0.489 e. The molecule has 0 radical (unpaired) electrons. The van der Waals surface area contributed by atoms with Crippen LogP contribution < -0.4 is 25.4 Å². The quantitative estimate of drug-likeness (QED) is 0.0583. The van der Waals surface area contributed by atoms with Crippen LogP contribution in [0.1, 0.15) is 113 Å². The predicted molar refractivity (Wildman–Crippen MR) is 265 cm³/mol. The average Bonchev–Trinajstić information content (AvgIpc) is 4.06. The number of aliphatic hydroxyl groups excluding tert-OH is 1. The highest BCUT2D eigenvalue weighted by Crippen LogP contribution is 2.55. The molecule has 4 N–H and O–H groups in total. The lowest BCUT2D eigenvalue weighted by Crippen LogP contribution is -2.74. The van der Waals surface area contributed by atoms with E-state index in [2.05, 4.69) is 59.8 Å². The van der Waals surface area contributed by atoms with Crippen molar-refractivity contribution in [1.29, 1.82) is 5.26 Å². The molecule has 3 aromatic carbocycles. The minimum absolute atomic E-state index is 0.0525. The summed E-state index contributed by atoms with van der Waals surface area (Å²) in [6.45, 7) is 17.3. The molecule has 4 atom stereocenters. The summed E-state index contributed by atoms with van der Waals surface area (Å²) in [4.78, 5) is 48.4. The number of rotatable bonds is 19. The van der Waals surface area contributed by atoms with E-state index in [4.69, 9.17) is 21.1 Å². The molecule has 360 valence electrons. The van der Waals surface area contributed by atoms with Crippen LogP contribution in [0, 0.1) is 35.0 Å². The van der Waals surface area contributed by atoms with Crippen LogP contribution in [0.2, 0.25) is 5.02 Å². The lowest BCUT2D eigenvalue weighted by Gasteiger charge is -2.63. The summed E-state index contributed by atoms with van der Waals surface area (Å²) in [5, 5.41) is 34.6. The SMILES string of the molecule is Cc1ncsc1-c1ccc([C@H](C)NC(=O)[C@@H]2C[C@@H](O)CN2C(=O)[C@H](C(C)C)n2nccc2OCCCCCNc2ccc(C(=O)N[C@H]3C(C)(C)[C@H](Oc4ccc(C#N)c(Cl)c4)C3(C)C)cc2)cc1. The third-order valence-electron chi connectivity index (χ3n) is 13.4. The number of thiazole rings is 1. The number of carbonyl (C=O) groups excluding carboxylic acids is 3. The van der Waals surface area contributed by atoms with Crippen LogP contribution in [0.25, 0.3) is 10.4 Å². The van der Waals surface area contributed by atoms with E-state index in [9.17, 15) is 24.8 Å². The Bertz CT molecular complexity index is 2590. The Kier molecular flexibility index (Phi) is 15.5. The molecule has 7 rings (SSSR count). The van der Waals surface area contributed by atoms with Crippen LogP contribution in [0.5, 0.6) is 11.6 Å². The maximum Gasteiger partial charge on any atom is 0.251 e. The van der Waals surface area contributed by atoms with Crippen molar-refractivity contribution in [3.05, 3.63) is 112 Å². The first kappa shape index (κ1) is 49.9. The molecule has 2 fully saturated rings. The van der Waals surface area contributed by atoms with E-state index in [1.807, 2.05) is 81.7 Å². The number of benzene rings is 3. The minimum atomic E-state index is -0.831. The van der Waals surface area contributed by atoms with Gasteiger partial charge in [-0.25, -0.2) is 9.67 Å². The highest BCUT2D eigenvalue weighted by atomic mass is 35.5. The molecule has 1 aliphatic carbocycles. The van der Waals surface area contributed by atoms with E-state index in [1.54, 1.807) is 46.5 Å². The van der Waals surface area contributed by atoms with E-state index in [0.29, 0.717) is 34.4 Å². The first-order chi connectivity index (χ1) is 32.4. The third kappa shape index (κ3) is 10.8. The number of aryl methyl sites for hydroxylation is 1. The molecule has 0 unspecified atom stereocenters. The summed E-state index contributed by atoms with van der Waals surface area (Å²) in [7, 11) is 0. The molecule has 2 aliphatic rings. The number of nitriles is 1. The van der Waals surface area contributed by atoms with Gasteiger partial charge in [0.05, 0.1) is 51.6 Å². The van der Waals surface area contributed by atoms with Gasteiger partial charge in [-0.15, -0.1) is 11.3 Å². The topological polar surface area (TPSA) is 184 Å². The van der Waals surface area contributed by atoms with Crippen molar-refractivity contribution in [3.8, 4) is 28.1 Å². The number of amides is 3. The van der Waals surface area contributed by atoms with Gasteiger partial charge in [0, 0.05) is 59.8 Å². The van der Waals surface area contributed by atoms with Crippen LogP contribution in [-0.4, -0.2) is 86.5 Å². The fourth-order valence-corrected chi connectivity index (χ4v) is 11.1. The first-order valence-electron chi connectivity index (χ1n) is 23.4. The number of β-amino-alcohol motifs (C(OH)–C–C–N with tert-alkyl or cyclic N) is 1. The average molecular weight is 964 g/mol. The predicted octanol–water partition coefficient (Wildman–Crippen LogP) is 9.15. The molecule has 1 saturated heterocycles. The van der Waals surface area contributed by atoms with Crippen LogP contribution in [0.3, 0.4) is 0 Å². The van der Waals surface area contributed by atoms with Gasteiger partial charge in [-0.3, -0.25) is 14.4 Å². The number of carbonyl (C=O) groups is 3. The fraction of sp³-hybridized carbons (Fsp3) is 0.462. The third-order valence-corrected chi connectivity index (χ3v) is 14.7. The second-order valence-corrected chi connectivity index (χ2v) is 20.8. The van der Waals surface area contributed by atoms with Gasteiger partial charge >= 0.3 is 0 Å². The van der Waals surface area contributed by atoms with Gasteiger partial charge in [-0.1, -0.05) is 77.4 Å². The summed E-state index contributed by atoms with van der Waals surface area (Å²) in [5.74, 6) is 0.115. The highest BCUT2D eigenvalue weighted by molar-refractivity contribution is 7.13. The van der Waals surface area contributed by atoms with Crippen molar-refractivity contribution < 1.29 is 29.0 Å². The molecule has 5 aromatic rings. The smallest absolute Gasteiger partial charge is 0.251 e. The van der Waals surface area contributed by atoms with Gasteiger partial charge < -0.3 is 35.4 Å². The van der Waals surface area contributed by atoms with Crippen molar-refractivity contribution in [1.82, 2.24) is 30.3 Å². The second-order valence-electron chi connectivity index (χ2n) is 19.5. The number of hydrogen-bond donors (Lipinski definition) is 4. The maximum atomic E-state index is 14.3. The largest absolute Gasteiger partial charge is 0.489 e. The zero-order chi connectivity index (χ0) is 48.9. The standard InChI is InChI=1S/C52H63ClN8O6S/c1-31(2)44(48(65)60-29-39(62)26-42(60)47(64)58-32(3)34-12-14-35(15-13-34)45-33(4)56-30-68-45)61-43(22-24-57-61)66-25-11-9-10-23-55-38-19-16-36(17-20-38)46(63)59-49-51(5,6)50(52(49,7)8)67-40-21-18-37(28-54)41(53)27-40/h12-22,24,27,30-32,39,42,44,49-50,55,62H,9-11,23,25-26,29H2,1-8H3,(H,58,64)(H,59,63)/t32-,39+,42-,44-,49-,50-/m0/s1. The van der Waals surface area contributed by atoms with Crippen molar-refractivity contribution in [3.63, 3.8) is 0 Å². The summed E-state index contributed by atoms with van der Waals surface area (Å²) in [6, 6.07) is 22.3. The second kappa shape index (κ2) is 21.1. The summed E-state index contributed by atoms with van der Waals surface area (Å²) in [6.07, 6.45) is 3.29. The Morgan fingerprint density at radius 2 is 1.71 bits per heavy atom. The number of ether oxygens (including phenoxy) is 2. The Morgan fingerprint density at radius 1 is 0.985 bits per heavy atom. The Labute approximate surface area is 408 Å². The van der Waals surface area contributed by atoms with E-state index in [-0.39, 0.29) is 65.6 Å². The van der Waals surface area contributed by atoms with Crippen molar-refractivity contribution in [2.24, 2.45) is 16.7 Å². The van der Waals surface area contributed by atoms with Crippen LogP contribution in [0.15, 0.2) is 84.5 Å². The van der Waals surface area contributed by atoms with E-state index in [1.165, 1.54) is 4.90 Å². The Hall–Kier alpha value is -5.95. The van der Waals surface area contributed by atoms with Crippen molar-refractivity contribution in [2.75, 3.05) is 25.0 Å². The number of aliphatic hydroxyl groups is 1. The van der Waals surface area contributed by atoms with E-state index >= 15 is 0 Å². The number of nitrogens with zero attached hydrogens (tertiary/aromatic N) is 5. The lowest BCUT2D eigenvalue weighted by molar-refractivity contribution is -0.164.